The average molecular weight is 198 g/mol. The Hall–Kier alpha value is -1.27. The lowest BCUT2D eigenvalue weighted by molar-refractivity contribution is -0.195. The van der Waals surface area contributed by atoms with Crippen LogP contribution in [0.4, 0.5) is 13.2 Å². The Labute approximate surface area is 70.3 Å². The van der Waals surface area contributed by atoms with E-state index in [0.717, 1.165) is 0 Å². The zero-order valence-corrected chi connectivity index (χ0v) is 6.17. The fraction of sp³-hybridized carbons (Fsp3) is 0.667. The van der Waals surface area contributed by atoms with Crippen molar-refractivity contribution in [1.82, 2.24) is 0 Å². The van der Waals surface area contributed by atoms with Crippen molar-refractivity contribution < 1.29 is 32.6 Å². The van der Waals surface area contributed by atoms with Gasteiger partial charge in [-0.05, 0) is 0 Å². The second-order valence-electron chi connectivity index (χ2n) is 2.60. The van der Waals surface area contributed by atoms with Crippen LogP contribution in [-0.4, -0.2) is 29.3 Å². The van der Waals surface area contributed by atoms with Gasteiger partial charge in [0, 0.05) is 0 Å². The van der Waals surface area contributed by atoms with Gasteiger partial charge in [-0.25, -0.2) is 4.79 Å². The minimum atomic E-state index is -4.71. The Bertz CT molecular complexity index is 247. The van der Waals surface area contributed by atoms with E-state index >= 15 is 0 Å². The van der Waals surface area contributed by atoms with Crippen molar-refractivity contribution in [3.63, 3.8) is 0 Å². The number of carboxylic acid groups (broad SMARTS) is 1. The van der Waals surface area contributed by atoms with Crippen LogP contribution >= 0.6 is 0 Å². The molecule has 0 unspecified atom stereocenters. The van der Waals surface area contributed by atoms with E-state index in [1.165, 1.54) is 0 Å². The first kappa shape index (κ1) is 9.82. The molecule has 13 heavy (non-hydrogen) atoms. The highest BCUT2D eigenvalue weighted by Crippen LogP contribution is 2.37. The first-order chi connectivity index (χ1) is 5.82. The Kier molecular flexibility index (Phi) is 2.19. The van der Waals surface area contributed by atoms with Gasteiger partial charge in [0.05, 0.1) is 6.42 Å². The van der Waals surface area contributed by atoms with E-state index < -0.39 is 36.6 Å². The average Bonchev–Trinajstić information content (AvgIpc) is 2.29. The van der Waals surface area contributed by atoms with Gasteiger partial charge in [0.2, 0.25) is 6.10 Å². The molecule has 0 aromatic heterocycles. The number of alkyl halides is 3. The van der Waals surface area contributed by atoms with E-state index in [1.807, 2.05) is 0 Å². The van der Waals surface area contributed by atoms with Gasteiger partial charge in [0.25, 0.3) is 0 Å². The van der Waals surface area contributed by atoms with Crippen molar-refractivity contribution >= 4 is 11.9 Å². The van der Waals surface area contributed by atoms with Gasteiger partial charge in [-0.1, -0.05) is 0 Å². The van der Waals surface area contributed by atoms with Crippen molar-refractivity contribution in [1.29, 1.82) is 0 Å². The van der Waals surface area contributed by atoms with Crippen molar-refractivity contribution in [3.8, 4) is 0 Å². The number of hydrogen-bond acceptors (Lipinski definition) is 3. The molecule has 7 heteroatoms. The first-order valence-electron chi connectivity index (χ1n) is 3.31. The molecule has 0 saturated carbocycles. The van der Waals surface area contributed by atoms with Crippen LogP contribution in [0.1, 0.15) is 6.42 Å². The van der Waals surface area contributed by atoms with Crippen molar-refractivity contribution in [2.45, 2.75) is 18.7 Å². The minimum Gasteiger partial charge on any atom is -0.478 e. The molecule has 1 rings (SSSR count). The lowest BCUT2D eigenvalue weighted by Gasteiger charge is -2.15. The van der Waals surface area contributed by atoms with E-state index in [0.29, 0.717) is 0 Å². The molecule has 0 aromatic rings. The highest BCUT2D eigenvalue weighted by atomic mass is 19.4. The highest BCUT2D eigenvalue weighted by molar-refractivity contribution is 5.82. The zero-order chi connectivity index (χ0) is 10.2. The van der Waals surface area contributed by atoms with Crippen LogP contribution in [0, 0.1) is 5.92 Å². The molecule has 1 saturated heterocycles. The van der Waals surface area contributed by atoms with Gasteiger partial charge >= 0.3 is 18.1 Å². The third kappa shape index (κ3) is 1.90. The summed E-state index contributed by atoms with van der Waals surface area (Å²) < 4.78 is 40.2. The summed E-state index contributed by atoms with van der Waals surface area (Å²) in [4.78, 5) is 20.7. The quantitative estimate of drug-likeness (QED) is 0.625. The van der Waals surface area contributed by atoms with Gasteiger partial charge in [0.1, 0.15) is 5.92 Å². The van der Waals surface area contributed by atoms with Crippen molar-refractivity contribution in [2.75, 3.05) is 0 Å². The molecule has 1 heterocycles. The van der Waals surface area contributed by atoms with E-state index in [9.17, 15) is 22.8 Å². The Morgan fingerprint density at radius 1 is 1.54 bits per heavy atom. The first-order valence-corrected chi connectivity index (χ1v) is 3.31. The van der Waals surface area contributed by atoms with E-state index in [-0.39, 0.29) is 0 Å². The topological polar surface area (TPSA) is 63.6 Å². The molecule has 1 aliphatic heterocycles. The lowest BCUT2D eigenvalue weighted by Crippen LogP contribution is -2.35. The monoisotopic (exact) mass is 198 g/mol. The number of carbonyl (C=O) groups is 2. The molecule has 0 aromatic carbocycles. The van der Waals surface area contributed by atoms with Gasteiger partial charge < -0.3 is 9.84 Å². The van der Waals surface area contributed by atoms with Crippen molar-refractivity contribution in [3.05, 3.63) is 0 Å². The number of rotatable bonds is 1. The number of carboxylic acids is 1. The van der Waals surface area contributed by atoms with Crippen LogP contribution in [0.25, 0.3) is 0 Å². The number of halogens is 3. The van der Waals surface area contributed by atoms with Crippen LogP contribution in [0.5, 0.6) is 0 Å². The smallest absolute Gasteiger partial charge is 0.396 e. The summed E-state index contributed by atoms with van der Waals surface area (Å²) >= 11 is 0. The summed E-state index contributed by atoms with van der Waals surface area (Å²) in [5.74, 6) is -5.12. The number of aliphatic carboxylic acids is 1. The standard InChI is InChI=1S/C6H5F3O4/c7-6(8,9)2-1-3(10)13-4(2)5(11)12/h2,4H,1H2,(H,11,12)/t2-,4-/m1/s1. The highest BCUT2D eigenvalue weighted by Gasteiger charge is 2.54. The maximum Gasteiger partial charge on any atom is 0.396 e. The molecule has 2 atom stereocenters. The molecule has 74 valence electrons. The molecule has 1 fully saturated rings. The summed E-state index contributed by atoms with van der Waals surface area (Å²) in [6.07, 6.45) is -7.72. The fourth-order valence-corrected chi connectivity index (χ4v) is 1.07. The van der Waals surface area contributed by atoms with Crippen LogP contribution < -0.4 is 0 Å². The number of esters is 1. The molecule has 1 N–H and O–H groups in total. The summed E-state index contributed by atoms with van der Waals surface area (Å²) in [6.45, 7) is 0. The Balaban J connectivity index is 2.84. The second kappa shape index (κ2) is 2.90. The summed E-state index contributed by atoms with van der Waals surface area (Å²) in [7, 11) is 0. The van der Waals surface area contributed by atoms with Crippen LogP contribution in [0.2, 0.25) is 0 Å². The van der Waals surface area contributed by atoms with Gasteiger partial charge in [-0.3, -0.25) is 4.79 Å². The van der Waals surface area contributed by atoms with Crippen molar-refractivity contribution in [2.24, 2.45) is 5.92 Å². The Morgan fingerprint density at radius 3 is 2.38 bits per heavy atom. The largest absolute Gasteiger partial charge is 0.478 e. The summed E-state index contributed by atoms with van der Waals surface area (Å²) in [5.41, 5.74) is 0. The molecule has 0 spiro atoms. The maximum absolute atomic E-state index is 12.0. The van der Waals surface area contributed by atoms with Crippen LogP contribution in [0.3, 0.4) is 0 Å². The molecule has 0 bridgehead atoms. The van der Waals surface area contributed by atoms with Crippen LogP contribution in [0.15, 0.2) is 0 Å². The zero-order valence-electron chi connectivity index (χ0n) is 6.17. The third-order valence-electron chi connectivity index (χ3n) is 1.67. The molecule has 4 nitrogen and oxygen atoms in total. The fourth-order valence-electron chi connectivity index (χ4n) is 1.07. The minimum absolute atomic E-state index is 0.916. The molecule has 0 amide bonds. The number of ether oxygens (including phenoxy) is 1. The predicted octanol–water partition coefficient (Wildman–Crippen LogP) is 0.565. The molecular weight excluding hydrogens is 193 g/mol. The van der Waals surface area contributed by atoms with Gasteiger partial charge in [-0.2, -0.15) is 13.2 Å². The predicted molar refractivity (Wildman–Crippen MR) is 31.7 cm³/mol. The SMILES string of the molecule is O=C1C[C@@H](C(F)(F)F)[C@H](C(=O)O)O1. The van der Waals surface area contributed by atoms with E-state index in [1.54, 1.807) is 0 Å². The molecule has 0 aliphatic carbocycles. The number of hydrogen-bond donors (Lipinski definition) is 1. The van der Waals surface area contributed by atoms with Crippen LogP contribution in [-0.2, 0) is 14.3 Å². The number of carbonyl (C=O) groups excluding carboxylic acids is 1. The molecule has 0 radical (unpaired) electrons. The molecule has 1 aliphatic rings. The normalized spacial score (nSPS) is 28.7. The van der Waals surface area contributed by atoms with E-state index in [2.05, 4.69) is 4.74 Å². The second-order valence-corrected chi connectivity index (χ2v) is 2.60. The summed E-state index contributed by atoms with van der Waals surface area (Å²) in [5, 5.41) is 8.29. The third-order valence-corrected chi connectivity index (χ3v) is 1.67. The van der Waals surface area contributed by atoms with E-state index in [4.69, 9.17) is 5.11 Å². The summed E-state index contributed by atoms with van der Waals surface area (Å²) in [6, 6.07) is 0. The van der Waals surface area contributed by atoms with Gasteiger partial charge in [-0.15, -0.1) is 0 Å². The maximum atomic E-state index is 12.0. The molecular formula is C6H5F3O4. The van der Waals surface area contributed by atoms with Gasteiger partial charge in [0.15, 0.2) is 0 Å². The Morgan fingerprint density at radius 2 is 2.08 bits per heavy atom. The number of cyclic esters (lactones) is 1. The lowest BCUT2D eigenvalue weighted by atomic mass is 10.0.